The first kappa shape index (κ1) is 22.4. The van der Waals surface area contributed by atoms with Crippen LogP contribution in [0, 0.1) is 0 Å². The average molecular weight is 406 g/mol. The number of rotatable bonds is 10. The van der Waals surface area contributed by atoms with Crippen LogP contribution < -0.4 is 0 Å². The van der Waals surface area contributed by atoms with Crippen LogP contribution in [0.3, 0.4) is 0 Å². The van der Waals surface area contributed by atoms with Gasteiger partial charge in [0.1, 0.15) is 0 Å². The van der Waals surface area contributed by atoms with E-state index >= 15 is 0 Å². The van der Waals surface area contributed by atoms with Crippen LogP contribution in [-0.4, -0.2) is 53.4 Å². The van der Waals surface area contributed by atoms with Gasteiger partial charge in [0, 0.05) is 5.75 Å². The molecule has 10 heteroatoms. The van der Waals surface area contributed by atoms with Crippen LogP contribution in [0.2, 0.25) is 0 Å². The van der Waals surface area contributed by atoms with Crippen LogP contribution in [0.5, 0.6) is 0 Å². The molecule has 0 aromatic rings. The van der Waals surface area contributed by atoms with Gasteiger partial charge in [-0.2, -0.15) is 0 Å². The Labute approximate surface area is 160 Å². The van der Waals surface area contributed by atoms with Crippen LogP contribution in [0.25, 0.3) is 0 Å². The van der Waals surface area contributed by atoms with Gasteiger partial charge in [-0.3, -0.25) is 9.59 Å². The minimum atomic E-state index is -1.09. The third-order valence-corrected chi connectivity index (χ3v) is 5.61. The maximum absolute atomic E-state index is 12.2. The van der Waals surface area contributed by atoms with Gasteiger partial charge >= 0.3 is 23.9 Å². The zero-order valence-corrected chi connectivity index (χ0v) is 16.3. The average Bonchev–Trinajstić information content (AvgIpc) is 3.04. The predicted octanol–water partition coefficient (Wildman–Crippen LogP) is 2.32. The van der Waals surface area contributed by atoms with Gasteiger partial charge in [-0.25, -0.2) is 9.59 Å². The van der Waals surface area contributed by atoms with E-state index in [0.717, 1.165) is 11.8 Å². The minimum Gasteiger partial charge on any atom is -0.481 e. The summed E-state index contributed by atoms with van der Waals surface area (Å²) in [6, 6.07) is 0. The summed E-state index contributed by atoms with van der Waals surface area (Å²) < 4.78 is 15.6. The summed E-state index contributed by atoms with van der Waals surface area (Å²) in [5, 5.41) is 8.57. The fourth-order valence-corrected chi connectivity index (χ4v) is 4.34. The molecule has 0 saturated carbocycles. The number of carboxylic acids is 1. The highest BCUT2D eigenvalue weighted by Crippen LogP contribution is 2.44. The largest absolute Gasteiger partial charge is 0.481 e. The number of thioether (sulfide) groups is 2. The van der Waals surface area contributed by atoms with E-state index in [4.69, 9.17) is 19.3 Å². The maximum atomic E-state index is 12.2. The normalized spacial score (nSPS) is 16.1. The highest BCUT2D eigenvalue weighted by Gasteiger charge is 2.34. The summed E-state index contributed by atoms with van der Waals surface area (Å²) in [4.78, 5) is 46.5. The van der Waals surface area contributed by atoms with E-state index in [1.165, 1.54) is 11.8 Å². The van der Waals surface area contributed by atoms with E-state index in [0.29, 0.717) is 22.8 Å². The molecule has 1 atom stereocenters. The molecule has 0 aliphatic carbocycles. The summed E-state index contributed by atoms with van der Waals surface area (Å²) in [6.45, 7) is 4.03. The molecule has 0 radical (unpaired) electrons. The molecule has 146 valence electrons. The van der Waals surface area contributed by atoms with Gasteiger partial charge in [-0.15, -0.1) is 11.8 Å². The molecule has 1 fully saturated rings. The van der Waals surface area contributed by atoms with Crippen molar-refractivity contribution >= 4 is 47.4 Å². The second-order valence-electron chi connectivity index (χ2n) is 5.18. The smallest absolute Gasteiger partial charge is 0.347 e. The van der Waals surface area contributed by atoms with Crippen LogP contribution in [0.15, 0.2) is 9.81 Å². The van der Waals surface area contributed by atoms with Crippen molar-refractivity contribution in [3.05, 3.63) is 9.81 Å². The second kappa shape index (κ2) is 11.8. The Morgan fingerprint density at radius 1 is 1.04 bits per heavy atom. The van der Waals surface area contributed by atoms with Gasteiger partial charge in [-0.05, 0) is 12.8 Å². The van der Waals surface area contributed by atoms with Gasteiger partial charge in [0.25, 0.3) is 0 Å². The number of hydrogen-bond donors (Lipinski definition) is 1. The molecule has 1 aliphatic heterocycles. The number of esters is 3. The van der Waals surface area contributed by atoms with Gasteiger partial charge < -0.3 is 19.3 Å². The molecule has 0 aromatic heterocycles. The van der Waals surface area contributed by atoms with Crippen LogP contribution in [0.1, 0.15) is 39.5 Å². The summed E-state index contributed by atoms with van der Waals surface area (Å²) in [6.07, 6.45) is 0.676. The van der Waals surface area contributed by atoms with Crippen molar-refractivity contribution in [1.29, 1.82) is 0 Å². The fraction of sp³-hybridized carbons (Fsp3) is 0.625. The number of ether oxygens (including phenoxy) is 3. The summed E-state index contributed by atoms with van der Waals surface area (Å²) >= 11 is 2.25. The maximum Gasteiger partial charge on any atom is 0.347 e. The SMILES string of the molecule is CCCOC(=O)C(C(=O)OCCC)=C1SCC(OC(=O)CCC(=O)O)S1. The Morgan fingerprint density at radius 3 is 2.12 bits per heavy atom. The summed E-state index contributed by atoms with van der Waals surface area (Å²) in [7, 11) is 0. The monoisotopic (exact) mass is 406 g/mol. The number of carboxylic acid groups (broad SMARTS) is 1. The third kappa shape index (κ3) is 7.69. The van der Waals surface area contributed by atoms with Gasteiger partial charge in [0.2, 0.25) is 0 Å². The van der Waals surface area contributed by atoms with Crippen molar-refractivity contribution in [2.45, 2.75) is 45.0 Å². The van der Waals surface area contributed by atoms with Crippen molar-refractivity contribution < 1.29 is 38.5 Å². The molecule has 8 nitrogen and oxygen atoms in total. The molecule has 1 N–H and O–H groups in total. The van der Waals surface area contributed by atoms with Gasteiger partial charge in [0.05, 0.1) is 30.3 Å². The molecule has 0 amide bonds. The Balaban J connectivity index is 2.79. The highest BCUT2D eigenvalue weighted by molar-refractivity contribution is 8.25. The second-order valence-corrected chi connectivity index (χ2v) is 7.63. The van der Waals surface area contributed by atoms with Crippen molar-refractivity contribution in [2.75, 3.05) is 19.0 Å². The van der Waals surface area contributed by atoms with Crippen LogP contribution in [-0.2, 0) is 33.4 Å². The summed E-state index contributed by atoms with van der Waals surface area (Å²) in [5.41, 5.74) is -0.796. The molecule has 1 saturated heterocycles. The first-order valence-electron chi connectivity index (χ1n) is 8.18. The molecule has 0 spiro atoms. The van der Waals surface area contributed by atoms with Crippen LogP contribution >= 0.6 is 23.5 Å². The van der Waals surface area contributed by atoms with E-state index in [2.05, 4.69) is 0 Å². The number of hydrogen-bond acceptors (Lipinski definition) is 9. The van der Waals surface area contributed by atoms with E-state index in [1.807, 2.05) is 13.8 Å². The molecule has 1 aliphatic rings. The molecule has 1 heterocycles. The topological polar surface area (TPSA) is 116 Å². The minimum absolute atomic E-state index is 0.180. The Bertz CT molecular complexity index is 551. The lowest BCUT2D eigenvalue weighted by Crippen LogP contribution is -2.20. The Kier molecular flexibility index (Phi) is 10.2. The predicted molar refractivity (Wildman–Crippen MR) is 96.3 cm³/mol. The zero-order valence-electron chi connectivity index (χ0n) is 14.6. The number of aliphatic carboxylic acids is 1. The highest BCUT2D eigenvalue weighted by atomic mass is 32.2. The first-order chi connectivity index (χ1) is 12.4. The van der Waals surface area contributed by atoms with E-state index < -0.39 is 29.3 Å². The summed E-state index contributed by atoms with van der Waals surface area (Å²) in [5.74, 6) is -2.92. The third-order valence-electron chi connectivity index (χ3n) is 2.88. The molecule has 26 heavy (non-hydrogen) atoms. The quantitative estimate of drug-likeness (QED) is 0.190. The molecule has 0 bridgehead atoms. The van der Waals surface area contributed by atoms with E-state index in [9.17, 15) is 19.2 Å². The van der Waals surface area contributed by atoms with Crippen molar-refractivity contribution in [1.82, 2.24) is 0 Å². The Hall–Kier alpha value is -1.68. The van der Waals surface area contributed by atoms with Gasteiger partial charge in [-0.1, -0.05) is 25.6 Å². The number of carbonyl (C=O) groups excluding carboxylic acids is 3. The molecule has 1 unspecified atom stereocenters. The lowest BCUT2D eigenvalue weighted by molar-refractivity contribution is -0.148. The molecule has 1 rings (SSSR count). The van der Waals surface area contributed by atoms with Crippen molar-refractivity contribution in [3.8, 4) is 0 Å². The lowest BCUT2D eigenvalue weighted by atomic mass is 10.3. The van der Waals surface area contributed by atoms with Crippen molar-refractivity contribution in [2.24, 2.45) is 0 Å². The lowest BCUT2D eigenvalue weighted by Gasteiger charge is -2.11. The first-order valence-corrected chi connectivity index (χ1v) is 10.0. The van der Waals surface area contributed by atoms with Crippen molar-refractivity contribution in [3.63, 3.8) is 0 Å². The van der Waals surface area contributed by atoms with Gasteiger partial charge in [0.15, 0.2) is 11.0 Å². The zero-order chi connectivity index (χ0) is 19.5. The standard InChI is InChI=1S/C16H22O8S2/c1-3-7-22-14(20)13(15(21)23-8-4-2)16-25-9-12(26-16)24-11(19)6-5-10(17)18/h12H,3-9H2,1-2H3,(H,17,18). The fourth-order valence-electron chi connectivity index (χ4n) is 1.72. The number of carbonyl (C=O) groups is 4. The molecule has 0 aromatic carbocycles. The molecular weight excluding hydrogens is 384 g/mol. The van der Waals surface area contributed by atoms with Crippen LogP contribution in [0.4, 0.5) is 0 Å². The Morgan fingerprint density at radius 2 is 1.62 bits per heavy atom. The van der Waals surface area contributed by atoms with E-state index in [1.54, 1.807) is 0 Å². The van der Waals surface area contributed by atoms with E-state index in [-0.39, 0.29) is 31.6 Å². The molecular formula is C16H22O8S2.